The molecular formula is C15H20O2. The second-order valence-corrected chi connectivity index (χ2v) is 5.10. The summed E-state index contributed by atoms with van der Waals surface area (Å²) in [6.07, 6.45) is 3.55. The number of esters is 1. The van der Waals surface area contributed by atoms with Gasteiger partial charge in [0.1, 0.15) is 6.61 Å². The Morgan fingerprint density at radius 2 is 2.12 bits per heavy atom. The van der Waals surface area contributed by atoms with Crippen molar-refractivity contribution < 1.29 is 9.53 Å². The lowest BCUT2D eigenvalue weighted by molar-refractivity contribution is -0.143. The molecule has 2 heteroatoms. The number of hydrogen-bond acceptors (Lipinski definition) is 2. The van der Waals surface area contributed by atoms with Crippen LogP contribution in [-0.4, -0.2) is 12.6 Å². The van der Waals surface area contributed by atoms with Gasteiger partial charge in [-0.3, -0.25) is 4.79 Å². The summed E-state index contributed by atoms with van der Waals surface area (Å²) in [5, 5.41) is 0. The van der Waals surface area contributed by atoms with Gasteiger partial charge in [0.2, 0.25) is 0 Å². The minimum absolute atomic E-state index is 0.0347. The molecule has 0 bridgehead atoms. The highest BCUT2D eigenvalue weighted by Gasteiger charge is 2.42. The maximum Gasteiger partial charge on any atom is 0.302 e. The van der Waals surface area contributed by atoms with Crippen LogP contribution in [0.25, 0.3) is 0 Å². The van der Waals surface area contributed by atoms with E-state index in [1.807, 2.05) is 6.07 Å². The third-order valence-corrected chi connectivity index (χ3v) is 4.09. The van der Waals surface area contributed by atoms with Crippen molar-refractivity contribution in [2.45, 2.75) is 38.5 Å². The second-order valence-electron chi connectivity index (χ2n) is 5.10. The number of rotatable bonds is 3. The predicted molar refractivity (Wildman–Crippen MR) is 67.8 cm³/mol. The highest BCUT2D eigenvalue weighted by molar-refractivity contribution is 5.66. The van der Waals surface area contributed by atoms with Crippen LogP contribution in [-0.2, 0) is 14.9 Å². The third kappa shape index (κ3) is 2.36. The van der Waals surface area contributed by atoms with Crippen LogP contribution < -0.4 is 0 Å². The molecule has 0 radical (unpaired) electrons. The molecular weight excluding hydrogens is 212 g/mol. The largest absolute Gasteiger partial charge is 0.465 e. The molecule has 0 amide bonds. The molecule has 1 saturated carbocycles. The minimum Gasteiger partial charge on any atom is -0.465 e. The van der Waals surface area contributed by atoms with Crippen molar-refractivity contribution in [3.8, 4) is 0 Å². The average molecular weight is 232 g/mol. The van der Waals surface area contributed by atoms with Gasteiger partial charge in [0, 0.05) is 12.3 Å². The number of ether oxygens (including phenoxy) is 1. The number of carbonyl (C=O) groups is 1. The van der Waals surface area contributed by atoms with Gasteiger partial charge in [0.25, 0.3) is 0 Å². The third-order valence-electron chi connectivity index (χ3n) is 4.09. The van der Waals surface area contributed by atoms with Crippen molar-refractivity contribution >= 4 is 5.97 Å². The van der Waals surface area contributed by atoms with Crippen LogP contribution in [0.15, 0.2) is 30.3 Å². The van der Waals surface area contributed by atoms with Gasteiger partial charge in [-0.05, 0) is 24.3 Å². The summed E-state index contributed by atoms with van der Waals surface area (Å²) in [7, 11) is 0. The van der Waals surface area contributed by atoms with Crippen molar-refractivity contribution in [2.24, 2.45) is 5.92 Å². The summed E-state index contributed by atoms with van der Waals surface area (Å²) in [4.78, 5) is 11.1. The van der Waals surface area contributed by atoms with Gasteiger partial charge in [0.05, 0.1) is 0 Å². The smallest absolute Gasteiger partial charge is 0.302 e. The molecule has 2 rings (SSSR count). The monoisotopic (exact) mass is 232 g/mol. The first-order valence-electron chi connectivity index (χ1n) is 6.34. The van der Waals surface area contributed by atoms with Gasteiger partial charge < -0.3 is 4.74 Å². The van der Waals surface area contributed by atoms with Gasteiger partial charge in [-0.25, -0.2) is 0 Å². The molecule has 17 heavy (non-hydrogen) atoms. The molecule has 1 aromatic carbocycles. The highest BCUT2D eigenvalue weighted by Crippen LogP contribution is 2.45. The van der Waals surface area contributed by atoms with Gasteiger partial charge in [-0.1, -0.05) is 43.7 Å². The molecule has 1 fully saturated rings. The Bertz CT molecular complexity index is 385. The molecule has 0 unspecified atom stereocenters. The zero-order valence-electron chi connectivity index (χ0n) is 10.6. The van der Waals surface area contributed by atoms with E-state index in [2.05, 4.69) is 31.2 Å². The van der Waals surface area contributed by atoms with E-state index in [1.165, 1.54) is 25.3 Å². The zero-order valence-corrected chi connectivity index (χ0v) is 10.6. The van der Waals surface area contributed by atoms with Crippen LogP contribution >= 0.6 is 0 Å². The molecule has 92 valence electrons. The maximum atomic E-state index is 11.1. The summed E-state index contributed by atoms with van der Waals surface area (Å²) in [6.45, 7) is 4.27. The Hall–Kier alpha value is -1.31. The molecule has 0 heterocycles. The summed E-state index contributed by atoms with van der Waals surface area (Å²) in [5.74, 6) is 0.392. The molecule has 0 saturated heterocycles. The lowest BCUT2D eigenvalue weighted by atomic mass is 9.73. The first kappa shape index (κ1) is 12.2. The number of carbonyl (C=O) groups excluding carboxylic acids is 1. The van der Waals surface area contributed by atoms with E-state index in [4.69, 9.17) is 4.74 Å². The Morgan fingerprint density at radius 3 is 2.65 bits per heavy atom. The fraction of sp³-hybridized carbons (Fsp3) is 0.533. The summed E-state index contributed by atoms with van der Waals surface area (Å²) in [6, 6.07) is 10.5. The van der Waals surface area contributed by atoms with Gasteiger partial charge in [0.15, 0.2) is 0 Å². The van der Waals surface area contributed by atoms with Crippen LogP contribution in [0, 0.1) is 5.92 Å². The highest BCUT2D eigenvalue weighted by atomic mass is 16.5. The van der Waals surface area contributed by atoms with E-state index in [9.17, 15) is 4.79 Å². The van der Waals surface area contributed by atoms with Crippen molar-refractivity contribution in [3.63, 3.8) is 0 Å². The Balaban J connectivity index is 2.27. The zero-order chi connectivity index (χ0) is 12.3. The van der Waals surface area contributed by atoms with Crippen molar-refractivity contribution in [3.05, 3.63) is 35.9 Å². The predicted octanol–water partition coefficient (Wildman–Crippen LogP) is 3.31. The minimum atomic E-state index is -0.181. The van der Waals surface area contributed by atoms with Gasteiger partial charge in [-0.15, -0.1) is 0 Å². The quantitative estimate of drug-likeness (QED) is 0.747. The summed E-state index contributed by atoms with van der Waals surface area (Å²) in [5.41, 5.74) is 1.35. The van der Waals surface area contributed by atoms with Gasteiger partial charge >= 0.3 is 5.97 Å². The van der Waals surface area contributed by atoms with Crippen molar-refractivity contribution in [1.29, 1.82) is 0 Å². The normalized spacial score (nSPS) is 28.0. The fourth-order valence-electron chi connectivity index (χ4n) is 2.97. The van der Waals surface area contributed by atoms with E-state index < -0.39 is 0 Å². The molecule has 1 aliphatic rings. The van der Waals surface area contributed by atoms with E-state index in [0.29, 0.717) is 12.5 Å². The molecule has 1 aromatic rings. The molecule has 1 aliphatic carbocycles. The Kier molecular flexibility index (Phi) is 3.51. The van der Waals surface area contributed by atoms with Crippen LogP contribution in [0.4, 0.5) is 0 Å². The van der Waals surface area contributed by atoms with E-state index in [0.717, 1.165) is 6.42 Å². The molecule has 0 aliphatic heterocycles. The maximum absolute atomic E-state index is 11.1. The van der Waals surface area contributed by atoms with Crippen LogP contribution in [0.5, 0.6) is 0 Å². The van der Waals surface area contributed by atoms with E-state index >= 15 is 0 Å². The first-order chi connectivity index (χ1) is 8.15. The Labute approximate surface area is 103 Å². The topological polar surface area (TPSA) is 26.3 Å². The average Bonchev–Trinajstić information content (AvgIpc) is 2.70. The van der Waals surface area contributed by atoms with Crippen LogP contribution in [0.3, 0.4) is 0 Å². The lowest BCUT2D eigenvalue weighted by Gasteiger charge is -2.33. The lowest BCUT2D eigenvalue weighted by Crippen LogP contribution is -2.35. The first-order valence-corrected chi connectivity index (χ1v) is 6.34. The van der Waals surface area contributed by atoms with Crippen molar-refractivity contribution in [2.75, 3.05) is 6.61 Å². The molecule has 0 spiro atoms. The molecule has 2 atom stereocenters. The SMILES string of the molecule is CC(=O)OC[C@]1(c2ccccc2)CCC[C@@H]1C. The second kappa shape index (κ2) is 4.91. The van der Waals surface area contributed by atoms with E-state index in [1.54, 1.807) is 0 Å². The van der Waals surface area contributed by atoms with Gasteiger partial charge in [-0.2, -0.15) is 0 Å². The van der Waals surface area contributed by atoms with Crippen LogP contribution in [0.1, 0.15) is 38.7 Å². The molecule has 2 nitrogen and oxygen atoms in total. The Morgan fingerprint density at radius 1 is 1.41 bits per heavy atom. The number of benzene rings is 1. The standard InChI is InChI=1S/C15H20O2/c1-12-7-6-10-15(12,11-17-13(2)16)14-8-4-3-5-9-14/h3-5,8-9,12H,6-7,10-11H2,1-2H3/t12-,15+/m0/s1. The van der Waals surface area contributed by atoms with E-state index in [-0.39, 0.29) is 11.4 Å². The summed E-state index contributed by atoms with van der Waals surface area (Å²) < 4.78 is 5.32. The molecule has 0 N–H and O–H groups in total. The fourth-order valence-corrected chi connectivity index (χ4v) is 2.97. The van der Waals surface area contributed by atoms with Crippen molar-refractivity contribution in [1.82, 2.24) is 0 Å². The number of hydrogen-bond donors (Lipinski definition) is 0. The summed E-state index contributed by atoms with van der Waals surface area (Å²) >= 11 is 0. The molecule has 0 aromatic heterocycles. The van der Waals surface area contributed by atoms with Crippen LogP contribution in [0.2, 0.25) is 0 Å².